The highest BCUT2D eigenvalue weighted by Gasteiger charge is 2.51. The van der Waals surface area contributed by atoms with Gasteiger partial charge in [0.25, 0.3) is 10.1 Å². The Labute approximate surface area is 98.5 Å². The summed E-state index contributed by atoms with van der Waals surface area (Å²) in [7, 11) is -2.76. The molecule has 6 atom stereocenters. The van der Waals surface area contributed by atoms with E-state index in [-0.39, 0.29) is 0 Å². The van der Waals surface area contributed by atoms with Gasteiger partial charge in [-0.05, 0) is 0 Å². The Kier molecular flexibility index (Phi) is 4.47. The Morgan fingerprint density at radius 2 is 1.35 bits per heavy atom. The Morgan fingerprint density at radius 1 is 0.882 bits per heavy atom. The second kappa shape index (κ2) is 5.14. The monoisotopic (exact) mass is 272 g/mol. The number of methoxy groups -OCH3 is 1. The molecule has 0 unspecified atom stereocenters. The number of hydrogen-bond acceptors (Lipinski definition) is 8. The summed E-state index contributed by atoms with van der Waals surface area (Å²) in [6, 6.07) is 0. The van der Waals surface area contributed by atoms with Crippen molar-refractivity contribution in [3.8, 4) is 0 Å². The molecule has 1 aliphatic carbocycles. The molecule has 102 valence electrons. The summed E-state index contributed by atoms with van der Waals surface area (Å²) in [4.78, 5) is 0. The molecular weight excluding hydrogens is 256 g/mol. The lowest BCUT2D eigenvalue weighted by molar-refractivity contribution is -0.222. The van der Waals surface area contributed by atoms with E-state index in [1.54, 1.807) is 0 Å². The summed E-state index contributed by atoms with van der Waals surface area (Å²) in [6.07, 6.45) is -8.62. The largest absolute Gasteiger partial charge is 0.387 e. The van der Waals surface area contributed by atoms with Gasteiger partial charge in [0.2, 0.25) is 0 Å². The van der Waals surface area contributed by atoms with Crippen LogP contribution in [0.2, 0.25) is 0 Å². The van der Waals surface area contributed by atoms with Crippen LogP contribution in [0.15, 0.2) is 0 Å². The first-order valence-corrected chi connectivity index (χ1v) is 6.64. The highest BCUT2D eigenvalue weighted by atomic mass is 32.2. The molecule has 4 N–H and O–H groups in total. The Morgan fingerprint density at radius 3 is 1.76 bits per heavy atom. The molecule has 0 aromatic carbocycles. The molecule has 0 bridgehead atoms. The number of aliphatic hydroxyl groups is 4. The Hall–Kier alpha value is -0.290. The summed E-state index contributed by atoms with van der Waals surface area (Å²) in [5.74, 6) is 0. The zero-order valence-corrected chi connectivity index (χ0v) is 10.1. The third kappa shape index (κ3) is 3.13. The van der Waals surface area contributed by atoms with Crippen molar-refractivity contribution < 1.29 is 37.8 Å². The molecule has 1 fully saturated rings. The van der Waals surface area contributed by atoms with Crippen LogP contribution < -0.4 is 0 Å². The standard InChI is InChI=1S/C8H16O8S/c1-15-7-4(10)3(9)5(11)8(6(7)12)16-17(2,13)14/h3-12H,1-2H3/t3-,4-,5+,6+,7+,8+/m1/s1. The fourth-order valence-corrected chi connectivity index (χ4v) is 2.41. The van der Waals surface area contributed by atoms with Gasteiger partial charge in [-0.3, -0.25) is 4.18 Å². The fraction of sp³-hybridized carbons (Fsp3) is 1.00. The number of aliphatic hydroxyl groups excluding tert-OH is 4. The second-order valence-corrected chi connectivity index (χ2v) is 5.53. The van der Waals surface area contributed by atoms with Crippen LogP contribution in [0.1, 0.15) is 0 Å². The van der Waals surface area contributed by atoms with E-state index in [2.05, 4.69) is 4.18 Å². The maximum Gasteiger partial charge on any atom is 0.264 e. The van der Waals surface area contributed by atoms with Crippen LogP contribution in [-0.2, 0) is 19.0 Å². The van der Waals surface area contributed by atoms with Crippen LogP contribution in [0.5, 0.6) is 0 Å². The first-order valence-electron chi connectivity index (χ1n) is 4.82. The van der Waals surface area contributed by atoms with Crippen molar-refractivity contribution in [2.24, 2.45) is 0 Å². The third-order valence-corrected chi connectivity index (χ3v) is 3.18. The molecule has 0 spiro atoms. The van der Waals surface area contributed by atoms with Crippen molar-refractivity contribution in [3.05, 3.63) is 0 Å². The lowest BCUT2D eigenvalue weighted by Gasteiger charge is -2.42. The topological polar surface area (TPSA) is 134 Å². The number of rotatable bonds is 3. The highest BCUT2D eigenvalue weighted by molar-refractivity contribution is 7.86. The Bertz CT molecular complexity index is 355. The van der Waals surface area contributed by atoms with Crippen LogP contribution in [-0.4, -0.2) is 78.8 Å². The molecule has 9 heteroatoms. The molecule has 0 aliphatic heterocycles. The van der Waals surface area contributed by atoms with E-state index in [4.69, 9.17) is 4.74 Å². The highest BCUT2D eigenvalue weighted by Crippen LogP contribution is 2.26. The minimum absolute atomic E-state index is 0.742. The van der Waals surface area contributed by atoms with Crippen molar-refractivity contribution >= 4 is 10.1 Å². The summed E-state index contributed by atoms with van der Waals surface area (Å²) < 4.78 is 31.1. The predicted octanol–water partition coefficient (Wildman–Crippen LogP) is -3.20. The zero-order chi connectivity index (χ0) is 13.4. The minimum atomic E-state index is -3.93. The molecule has 0 aromatic heterocycles. The molecule has 0 saturated heterocycles. The maximum atomic E-state index is 10.9. The molecule has 0 amide bonds. The molecule has 8 nitrogen and oxygen atoms in total. The van der Waals surface area contributed by atoms with Crippen LogP contribution in [0.3, 0.4) is 0 Å². The lowest BCUT2D eigenvalue weighted by atomic mass is 9.85. The van der Waals surface area contributed by atoms with Crippen molar-refractivity contribution in [1.29, 1.82) is 0 Å². The van der Waals surface area contributed by atoms with E-state index in [0.717, 1.165) is 6.26 Å². The van der Waals surface area contributed by atoms with E-state index in [1.807, 2.05) is 0 Å². The lowest BCUT2D eigenvalue weighted by Crippen LogP contribution is -2.65. The van der Waals surface area contributed by atoms with Gasteiger partial charge in [-0.2, -0.15) is 8.42 Å². The van der Waals surface area contributed by atoms with Crippen molar-refractivity contribution in [2.75, 3.05) is 13.4 Å². The summed E-state index contributed by atoms with van der Waals surface area (Å²) in [5.41, 5.74) is 0. The van der Waals surface area contributed by atoms with Gasteiger partial charge in [0, 0.05) is 7.11 Å². The first-order chi connectivity index (χ1) is 7.69. The molecule has 1 rings (SSSR count). The van der Waals surface area contributed by atoms with Gasteiger partial charge >= 0.3 is 0 Å². The average molecular weight is 272 g/mol. The molecule has 0 heterocycles. The third-order valence-electron chi connectivity index (χ3n) is 2.60. The van der Waals surface area contributed by atoms with Crippen LogP contribution in [0.4, 0.5) is 0 Å². The molecule has 1 aliphatic rings. The summed E-state index contributed by atoms with van der Waals surface area (Å²) in [5, 5.41) is 38.2. The second-order valence-electron chi connectivity index (χ2n) is 3.93. The summed E-state index contributed by atoms with van der Waals surface area (Å²) in [6.45, 7) is 0. The zero-order valence-electron chi connectivity index (χ0n) is 9.29. The molecule has 0 radical (unpaired) electrons. The van der Waals surface area contributed by atoms with E-state index in [9.17, 15) is 28.8 Å². The normalized spacial score (nSPS) is 43.6. The van der Waals surface area contributed by atoms with Crippen LogP contribution in [0, 0.1) is 0 Å². The first kappa shape index (κ1) is 14.8. The number of hydrogen-bond donors (Lipinski definition) is 4. The summed E-state index contributed by atoms with van der Waals surface area (Å²) >= 11 is 0. The van der Waals surface area contributed by atoms with Gasteiger partial charge < -0.3 is 25.2 Å². The van der Waals surface area contributed by atoms with Crippen LogP contribution >= 0.6 is 0 Å². The van der Waals surface area contributed by atoms with E-state index in [1.165, 1.54) is 7.11 Å². The van der Waals surface area contributed by atoms with Gasteiger partial charge in [0.1, 0.15) is 36.6 Å². The van der Waals surface area contributed by atoms with E-state index < -0.39 is 46.7 Å². The predicted molar refractivity (Wildman–Crippen MR) is 54.5 cm³/mol. The number of ether oxygens (including phenoxy) is 1. The fourth-order valence-electron chi connectivity index (χ4n) is 1.78. The van der Waals surface area contributed by atoms with E-state index in [0.29, 0.717) is 0 Å². The van der Waals surface area contributed by atoms with Crippen molar-refractivity contribution in [2.45, 2.75) is 36.6 Å². The smallest absolute Gasteiger partial charge is 0.264 e. The maximum absolute atomic E-state index is 10.9. The van der Waals surface area contributed by atoms with Gasteiger partial charge in [-0.15, -0.1) is 0 Å². The molecule has 17 heavy (non-hydrogen) atoms. The van der Waals surface area contributed by atoms with E-state index >= 15 is 0 Å². The van der Waals surface area contributed by atoms with Crippen molar-refractivity contribution in [1.82, 2.24) is 0 Å². The van der Waals surface area contributed by atoms with Gasteiger partial charge in [-0.1, -0.05) is 0 Å². The molecule has 0 aromatic rings. The van der Waals surface area contributed by atoms with Gasteiger partial charge in [0.05, 0.1) is 6.26 Å². The average Bonchev–Trinajstić information content (AvgIpc) is 2.21. The SMILES string of the molecule is CO[C@@H]1[C@H](O)[C@@H](OS(C)(=O)=O)[C@@H](O)[C@H](O)[C@H]1O. The quantitative estimate of drug-likeness (QED) is 0.395. The Balaban J connectivity index is 2.95. The van der Waals surface area contributed by atoms with Gasteiger partial charge in [0.15, 0.2) is 0 Å². The molecular formula is C8H16O8S. The van der Waals surface area contributed by atoms with Crippen LogP contribution in [0.25, 0.3) is 0 Å². The minimum Gasteiger partial charge on any atom is -0.387 e. The van der Waals surface area contributed by atoms with Crippen molar-refractivity contribution in [3.63, 3.8) is 0 Å². The molecule has 1 saturated carbocycles. The van der Waals surface area contributed by atoms with Gasteiger partial charge in [-0.25, -0.2) is 0 Å².